The normalized spacial score (nSPS) is 10.3. The van der Waals surface area contributed by atoms with Crippen LogP contribution in [0.4, 0.5) is 11.5 Å². The SMILES string of the molecule is Cc1ccc(C(=O)Nc2cccc(Oc3cc(Cl)cnc3N)c2)cc1. The van der Waals surface area contributed by atoms with E-state index in [-0.39, 0.29) is 11.7 Å². The molecule has 1 heterocycles. The Morgan fingerprint density at radius 1 is 1.16 bits per heavy atom. The molecule has 0 atom stereocenters. The third kappa shape index (κ3) is 4.28. The van der Waals surface area contributed by atoms with Crippen molar-refractivity contribution in [2.75, 3.05) is 11.1 Å². The van der Waals surface area contributed by atoms with Gasteiger partial charge in [0.05, 0.1) is 5.02 Å². The summed E-state index contributed by atoms with van der Waals surface area (Å²) in [5.74, 6) is 0.909. The zero-order valence-corrected chi connectivity index (χ0v) is 14.2. The van der Waals surface area contributed by atoms with Crippen LogP contribution in [0, 0.1) is 6.92 Å². The van der Waals surface area contributed by atoms with Crippen molar-refractivity contribution in [3.05, 3.63) is 76.9 Å². The Labute approximate surface area is 150 Å². The van der Waals surface area contributed by atoms with Crippen LogP contribution in [0.2, 0.25) is 5.02 Å². The first kappa shape index (κ1) is 16.8. The van der Waals surface area contributed by atoms with Gasteiger partial charge < -0.3 is 15.8 Å². The molecule has 0 saturated carbocycles. The molecule has 0 fully saturated rings. The van der Waals surface area contributed by atoms with E-state index >= 15 is 0 Å². The van der Waals surface area contributed by atoms with Crippen LogP contribution in [0.5, 0.6) is 11.5 Å². The lowest BCUT2D eigenvalue weighted by molar-refractivity contribution is 0.102. The number of aryl methyl sites for hydroxylation is 1. The van der Waals surface area contributed by atoms with Crippen molar-refractivity contribution in [3.63, 3.8) is 0 Å². The van der Waals surface area contributed by atoms with E-state index in [1.165, 1.54) is 6.20 Å². The number of ether oxygens (including phenoxy) is 1. The number of hydrogen-bond donors (Lipinski definition) is 2. The highest BCUT2D eigenvalue weighted by Crippen LogP contribution is 2.29. The molecule has 3 N–H and O–H groups in total. The quantitative estimate of drug-likeness (QED) is 0.714. The second kappa shape index (κ2) is 7.23. The highest BCUT2D eigenvalue weighted by Gasteiger charge is 2.08. The summed E-state index contributed by atoms with van der Waals surface area (Å²) in [5.41, 5.74) is 8.07. The summed E-state index contributed by atoms with van der Waals surface area (Å²) in [5, 5.41) is 3.26. The lowest BCUT2D eigenvalue weighted by Crippen LogP contribution is -2.11. The standard InChI is InChI=1S/C19H16ClN3O2/c1-12-5-7-13(8-6-12)19(24)23-15-3-2-4-16(10-15)25-17-9-14(20)11-22-18(17)21/h2-11H,1H3,(H2,21,22)(H,23,24). The van der Waals surface area contributed by atoms with Crippen LogP contribution in [0.1, 0.15) is 15.9 Å². The molecular formula is C19H16ClN3O2. The zero-order chi connectivity index (χ0) is 17.8. The lowest BCUT2D eigenvalue weighted by Gasteiger charge is -2.10. The number of hydrogen-bond acceptors (Lipinski definition) is 4. The topological polar surface area (TPSA) is 77.2 Å². The van der Waals surface area contributed by atoms with E-state index in [1.807, 2.05) is 19.1 Å². The minimum absolute atomic E-state index is 0.193. The summed E-state index contributed by atoms with van der Waals surface area (Å²) in [6.45, 7) is 1.97. The van der Waals surface area contributed by atoms with Crippen LogP contribution in [0.3, 0.4) is 0 Å². The fourth-order valence-corrected chi connectivity index (χ4v) is 2.33. The molecule has 0 aliphatic heterocycles. The zero-order valence-electron chi connectivity index (χ0n) is 13.5. The average molecular weight is 354 g/mol. The maximum absolute atomic E-state index is 12.3. The van der Waals surface area contributed by atoms with Gasteiger partial charge in [-0.15, -0.1) is 0 Å². The minimum atomic E-state index is -0.193. The fraction of sp³-hybridized carbons (Fsp3) is 0.0526. The minimum Gasteiger partial charge on any atom is -0.453 e. The van der Waals surface area contributed by atoms with Gasteiger partial charge in [-0.1, -0.05) is 35.4 Å². The third-order valence-corrected chi connectivity index (χ3v) is 3.69. The second-order valence-electron chi connectivity index (χ2n) is 5.49. The largest absolute Gasteiger partial charge is 0.453 e. The number of amides is 1. The van der Waals surface area contributed by atoms with E-state index < -0.39 is 0 Å². The van der Waals surface area contributed by atoms with E-state index in [2.05, 4.69) is 10.3 Å². The van der Waals surface area contributed by atoms with Crippen LogP contribution in [-0.4, -0.2) is 10.9 Å². The van der Waals surface area contributed by atoms with Crippen molar-refractivity contribution in [3.8, 4) is 11.5 Å². The number of rotatable bonds is 4. The van der Waals surface area contributed by atoms with Crippen LogP contribution in [0.25, 0.3) is 0 Å². The maximum atomic E-state index is 12.3. The van der Waals surface area contributed by atoms with Crippen molar-refractivity contribution in [1.29, 1.82) is 0 Å². The van der Waals surface area contributed by atoms with Gasteiger partial charge in [0.15, 0.2) is 11.6 Å². The molecule has 3 rings (SSSR count). The maximum Gasteiger partial charge on any atom is 0.255 e. The highest BCUT2D eigenvalue weighted by molar-refractivity contribution is 6.30. The Balaban J connectivity index is 1.76. The molecule has 0 radical (unpaired) electrons. The van der Waals surface area contributed by atoms with Crippen LogP contribution >= 0.6 is 11.6 Å². The summed E-state index contributed by atoms with van der Waals surface area (Å²) >= 11 is 5.91. The Morgan fingerprint density at radius 3 is 2.68 bits per heavy atom. The first-order valence-electron chi connectivity index (χ1n) is 7.58. The molecular weight excluding hydrogens is 338 g/mol. The smallest absolute Gasteiger partial charge is 0.255 e. The number of carbonyl (C=O) groups is 1. The van der Waals surface area contributed by atoms with Crippen molar-refractivity contribution >= 4 is 29.0 Å². The van der Waals surface area contributed by atoms with Crippen LogP contribution in [-0.2, 0) is 0 Å². The number of nitrogens with one attached hydrogen (secondary N) is 1. The molecule has 6 heteroatoms. The number of aromatic nitrogens is 1. The van der Waals surface area contributed by atoms with Crippen molar-refractivity contribution in [2.24, 2.45) is 0 Å². The van der Waals surface area contributed by atoms with E-state index in [0.717, 1.165) is 5.56 Å². The predicted molar refractivity (Wildman–Crippen MR) is 99.3 cm³/mol. The van der Waals surface area contributed by atoms with Crippen molar-refractivity contribution in [2.45, 2.75) is 6.92 Å². The molecule has 25 heavy (non-hydrogen) atoms. The van der Waals surface area contributed by atoms with Gasteiger partial charge in [0.2, 0.25) is 0 Å². The average Bonchev–Trinajstić information content (AvgIpc) is 2.59. The molecule has 0 saturated heterocycles. The summed E-state index contributed by atoms with van der Waals surface area (Å²) in [4.78, 5) is 16.2. The van der Waals surface area contributed by atoms with Gasteiger partial charge in [0.1, 0.15) is 5.75 Å². The number of nitrogens with two attached hydrogens (primary N) is 1. The summed E-state index contributed by atoms with van der Waals surface area (Å²) < 4.78 is 5.71. The number of nitrogen functional groups attached to an aromatic ring is 1. The number of benzene rings is 2. The summed E-state index contributed by atoms with van der Waals surface area (Å²) in [7, 11) is 0. The van der Waals surface area contributed by atoms with Crippen LogP contribution in [0.15, 0.2) is 60.8 Å². The van der Waals surface area contributed by atoms with E-state index in [1.54, 1.807) is 42.5 Å². The first-order chi connectivity index (χ1) is 12.0. The fourth-order valence-electron chi connectivity index (χ4n) is 2.19. The number of anilines is 2. The Hall–Kier alpha value is -3.05. The monoisotopic (exact) mass is 353 g/mol. The van der Waals surface area contributed by atoms with Gasteiger partial charge in [0.25, 0.3) is 5.91 Å². The van der Waals surface area contributed by atoms with Crippen molar-refractivity contribution < 1.29 is 9.53 Å². The van der Waals surface area contributed by atoms with Gasteiger partial charge in [-0.3, -0.25) is 4.79 Å². The Morgan fingerprint density at radius 2 is 1.92 bits per heavy atom. The van der Waals surface area contributed by atoms with Gasteiger partial charge in [-0.05, 0) is 31.2 Å². The molecule has 2 aromatic carbocycles. The molecule has 0 spiro atoms. The molecule has 0 unspecified atom stereocenters. The number of carbonyl (C=O) groups excluding carboxylic acids is 1. The molecule has 1 amide bonds. The Kier molecular flexibility index (Phi) is 4.86. The van der Waals surface area contributed by atoms with E-state index in [4.69, 9.17) is 22.1 Å². The molecule has 126 valence electrons. The van der Waals surface area contributed by atoms with E-state index in [0.29, 0.717) is 27.8 Å². The number of nitrogens with zero attached hydrogens (tertiary/aromatic N) is 1. The lowest BCUT2D eigenvalue weighted by atomic mass is 10.1. The Bertz CT molecular complexity index is 911. The highest BCUT2D eigenvalue weighted by atomic mass is 35.5. The summed E-state index contributed by atoms with van der Waals surface area (Å²) in [6, 6.07) is 15.9. The molecule has 0 aliphatic rings. The molecule has 3 aromatic rings. The molecule has 0 aliphatic carbocycles. The first-order valence-corrected chi connectivity index (χ1v) is 7.96. The molecule has 1 aromatic heterocycles. The second-order valence-corrected chi connectivity index (χ2v) is 5.92. The van der Waals surface area contributed by atoms with Crippen molar-refractivity contribution in [1.82, 2.24) is 4.98 Å². The van der Waals surface area contributed by atoms with Gasteiger partial charge in [0, 0.05) is 29.6 Å². The van der Waals surface area contributed by atoms with Gasteiger partial charge in [-0.25, -0.2) is 4.98 Å². The number of halogens is 1. The predicted octanol–water partition coefficient (Wildman–Crippen LogP) is 4.67. The molecule has 0 bridgehead atoms. The van der Waals surface area contributed by atoms with Gasteiger partial charge in [-0.2, -0.15) is 0 Å². The number of pyridine rings is 1. The van der Waals surface area contributed by atoms with E-state index in [9.17, 15) is 4.79 Å². The molecule has 5 nitrogen and oxygen atoms in total. The third-order valence-electron chi connectivity index (χ3n) is 3.48. The summed E-state index contributed by atoms with van der Waals surface area (Å²) in [6.07, 6.45) is 1.45. The van der Waals surface area contributed by atoms with Gasteiger partial charge >= 0.3 is 0 Å². The van der Waals surface area contributed by atoms with Crippen LogP contribution < -0.4 is 15.8 Å².